The molecular formula is C24H31ClN8O. The Balaban J connectivity index is 1.27. The molecule has 5 heterocycles. The summed E-state index contributed by atoms with van der Waals surface area (Å²) < 4.78 is 2.02. The van der Waals surface area contributed by atoms with E-state index in [0.717, 1.165) is 50.5 Å². The quantitative estimate of drug-likeness (QED) is 0.598. The number of nitrogens with one attached hydrogen (secondary N) is 1. The van der Waals surface area contributed by atoms with E-state index >= 15 is 0 Å². The molecule has 0 aromatic carbocycles. The van der Waals surface area contributed by atoms with Gasteiger partial charge in [0.2, 0.25) is 11.9 Å². The molecule has 2 aliphatic heterocycles. The summed E-state index contributed by atoms with van der Waals surface area (Å²) in [6.07, 6.45) is 6.23. The largest absolute Gasteiger partial charge is 0.354 e. The van der Waals surface area contributed by atoms with Gasteiger partial charge in [0.05, 0.1) is 29.5 Å². The zero-order valence-electron chi connectivity index (χ0n) is 19.9. The summed E-state index contributed by atoms with van der Waals surface area (Å²) >= 11 is 6.49. The summed E-state index contributed by atoms with van der Waals surface area (Å²) in [7, 11) is 2.12. The molecule has 5 rings (SSSR count). The van der Waals surface area contributed by atoms with Crippen molar-refractivity contribution < 1.29 is 4.79 Å². The third-order valence-electron chi connectivity index (χ3n) is 6.85. The molecule has 34 heavy (non-hydrogen) atoms. The molecule has 2 aliphatic rings. The Labute approximate surface area is 204 Å². The van der Waals surface area contributed by atoms with Crippen LogP contribution >= 0.6 is 11.6 Å². The van der Waals surface area contributed by atoms with Crippen LogP contribution in [0.4, 0.5) is 11.8 Å². The number of fused-ring (bicyclic) bond motifs is 1. The second kappa shape index (κ2) is 9.03. The van der Waals surface area contributed by atoms with Crippen LogP contribution in [0.25, 0.3) is 5.65 Å². The van der Waals surface area contributed by atoms with E-state index in [1.165, 1.54) is 0 Å². The lowest BCUT2D eigenvalue weighted by Gasteiger charge is -2.33. The van der Waals surface area contributed by atoms with Crippen molar-refractivity contribution in [2.75, 3.05) is 56.1 Å². The van der Waals surface area contributed by atoms with Crippen molar-refractivity contribution in [3.05, 3.63) is 47.5 Å². The molecule has 0 saturated carbocycles. The second-order valence-electron chi connectivity index (χ2n) is 9.75. The smallest absolute Gasteiger partial charge is 0.227 e. The third kappa shape index (κ3) is 4.42. The Hall–Kier alpha value is -2.91. The Morgan fingerprint density at radius 1 is 1.09 bits per heavy atom. The van der Waals surface area contributed by atoms with E-state index in [2.05, 4.69) is 37.0 Å². The van der Waals surface area contributed by atoms with Crippen molar-refractivity contribution in [1.82, 2.24) is 29.6 Å². The molecule has 3 aromatic heterocycles. The number of pyridine rings is 1. The maximum Gasteiger partial charge on any atom is 0.227 e. The first kappa shape index (κ1) is 22.9. The van der Waals surface area contributed by atoms with Crippen LogP contribution in [0.5, 0.6) is 0 Å². The standard InChI is InChI=1S/C24H31ClN8O/c1-24(2,19-15-26-20-6-4-5-8-33(19)20)29-22(34)17-7-9-32(16-17)21-18(25)14-27-23(28-21)31-12-10-30(3)11-13-31/h4-6,8,14-15,17H,7,9-13,16H2,1-3H3,(H,29,34)/t17-/m1/s1. The normalized spacial score (nSPS) is 19.7. The lowest BCUT2D eigenvalue weighted by Crippen LogP contribution is -2.45. The molecule has 180 valence electrons. The average molecular weight is 483 g/mol. The van der Waals surface area contributed by atoms with Crippen molar-refractivity contribution in [3.63, 3.8) is 0 Å². The minimum atomic E-state index is -0.563. The summed E-state index contributed by atoms with van der Waals surface area (Å²) in [5.74, 6) is 1.30. The van der Waals surface area contributed by atoms with Crippen molar-refractivity contribution in [1.29, 1.82) is 0 Å². The highest BCUT2D eigenvalue weighted by atomic mass is 35.5. The van der Waals surface area contributed by atoms with Crippen LogP contribution in [-0.4, -0.2) is 76.5 Å². The van der Waals surface area contributed by atoms with Crippen LogP contribution in [0.1, 0.15) is 26.0 Å². The summed E-state index contributed by atoms with van der Waals surface area (Å²) in [6, 6.07) is 5.88. The summed E-state index contributed by atoms with van der Waals surface area (Å²) in [5.41, 5.74) is 1.25. The van der Waals surface area contributed by atoms with E-state index in [0.29, 0.717) is 23.3 Å². The molecule has 0 radical (unpaired) electrons. The summed E-state index contributed by atoms with van der Waals surface area (Å²) in [6.45, 7) is 9.07. The van der Waals surface area contributed by atoms with Crippen LogP contribution in [0.15, 0.2) is 36.8 Å². The molecule has 9 nitrogen and oxygen atoms in total. The van der Waals surface area contributed by atoms with Crippen LogP contribution in [-0.2, 0) is 10.3 Å². The molecule has 3 aromatic rings. The molecule has 1 atom stereocenters. The minimum Gasteiger partial charge on any atom is -0.354 e. The highest BCUT2D eigenvalue weighted by molar-refractivity contribution is 6.32. The highest BCUT2D eigenvalue weighted by Crippen LogP contribution is 2.31. The predicted molar refractivity (Wildman–Crippen MR) is 133 cm³/mol. The number of hydrogen-bond donors (Lipinski definition) is 1. The van der Waals surface area contributed by atoms with E-state index in [4.69, 9.17) is 16.6 Å². The van der Waals surface area contributed by atoms with E-state index in [-0.39, 0.29) is 11.8 Å². The summed E-state index contributed by atoms with van der Waals surface area (Å²) in [5, 5.41) is 3.76. The van der Waals surface area contributed by atoms with E-state index in [9.17, 15) is 4.79 Å². The SMILES string of the molecule is CN1CCN(c2ncc(Cl)c(N3CC[C@@H](C(=O)NC(C)(C)c4cnc5ccccn45)C3)n2)CC1. The number of aromatic nitrogens is 4. The average Bonchev–Trinajstić information content (AvgIpc) is 3.48. The van der Waals surface area contributed by atoms with Crippen LogP contribution in [0.2, 0.25) is 5.02 Å². The molecule has 2 fully saturated rings. The van der Waals surface area contributed by atoms with Gasteiger partial charge in [0, 0.05) is 45.5 Å². The fourth-order valence-corrected chi connectivity index (χ4v) is 4.98. The monoisotopic (exact) mass is 482 g/mol. The number of carbonyl (C=O) groups excluding carboxylic acids is 1. The highest BCUT2D eigenvalue weighted by Gasteiger charge is 2.35. The number of anilines is 2. The number of likely N-dealkylation sites (N-methyl/N-ethyl adjacent to an activating group) is 1. The lowest BCUT2D eigenvalue weighted by atomic mass is 9.98. The minimum absolute atomic E-state index is 0.0304. The van der Waals surface area contributed by atoms with Crippen LogP contribution in [0.3, 0.4) is 0 Å². The molecule has 1 amide bonds. The zero-order chi connectivity index (χ0) is 23.9. The van der Waals surface area contributed by atoms with Crippen LogP contribution < -0.4 is 15.1 Å². The third-order valence-corrected chi connectivity index (χ3v) is 7.12. The first-order valence-corrected chi connectivity index (χ1v) is 12.2. The van der Waals surface area contributed by atoms with Gasteiger partial charge < -0.3 is 24.4 Å². The fourth-order valence-electron chi connectivity index (χ4n) is 4.77. The summed E-state index contributed by atoms with van der Waals surface area (Å²) in [4.78, 5) is 33.6. The van der Waals surface area contributed by atoms with Crippen molar-refractivity contribution >= 4 is 34.9 Å². The first-order chi connectivity index (χ1) is 16.3. The van der Waals surface area contributed by atoms with Gasteiger partial charge >= 0.3 is 0 Å². The topological polar surface area (TPSA) is 81.9 Å². The van der Waals surface area contributed by atoms with Gasteiger partial charge in [0.1, 0.15) is 10.7 Å². The second-order valence-corrected chi connectivity index (χ2v) is 10.2. The van der Waals surface area contributed by atoms with Gasteiger partial charge in [-0.1, -0.05) is 17.7 Å². The Morgan fingerprint density at radius 3 is 2.68 bits per heavy atom. The van der Waals surface area contributed by atoms with Gasteiger partial charge in [-0.3, -0.25) is 4.79 Å². The molecule has 1 N–H and O–H groups in total. The number of halogens is 1. The Bertz CT molecular complexity index is 1190. The van der Waals surface area contributed by atoms with Crippen molar-refractivity contribution in [2.45, 2.75) is 25.8 Å². The molecule has 0 spiro atoms. The number of amides is 1. The van der Waals surface area contributed by atoms with Crippen molar-refractivity contribution in [3.8, 4) is 0 Å². The van der Waals surface area contributed by atoms with Gasteiger partial charge in [-0.05, 0) is 39.4 Å². The number of imidazole rings is 1. The van der Waals surface area contributed by atoms with Gasteiger partial charge in [-0.2, -0.15) is 4.98 Å². The Morgan fingerprint density at radius 2 is 1.88 bits per heavy atom. The van der Waals surface area contributed by atoms with Crippen LogP contribution in [0, 0.1) is 5.92 Å². The number of hydrogen-bond acceptors (Lipinski definition) is 7. The molecule has 2 saturated heterocycles. The van der Waals surface area contributed by atoms with Gasteiger partial charge in [0.15, 0.2) is 5.82 Å². The number of piperazine rings is 1. The van der Waals surface area contributed by atoms with E-state index in [1.54, 1.807) is 6.20 Å². The van der Waals surface area contributed by atoms with Gasteiger partial charge in [-0.25, -0.2) is 9.97 Å². The lowest BCUT2D eigenvalue weighted by molar-refractivity contribution is -0.126. The van der Waals surface area contributed by atoms with Gasteiger partial charge in [0.25, 0.3) is 0 Å². The van der Waals surface area contributed by atoms with E-state index in [1.807, 2.05) is 48.8 Å². The van der Waals surface area contributed by atoms with Gasteiger partial charge in [-0.15, -0.1) is 0 Å². The molecule has 10 heteroatoms. The van der Waals surface area contributed by atoms with Crippen molar-refractivity contribution in [2.24, 2.45) is 5.92 Å². The fraction of sp³-hybridized carbons (Fsp3) is 0.500. The molecule has 0 bridgehead atoms. The molecular weight excluding hydrogens is 452 g/mol. The molecule has 0 unspecified atom stereocenters. The van der Waals surface area contributed by atoms with E-state index < -0.39 is 5.54 Å². The predicted octanol–water partition coefficient (Wildman–Crippen LogP) is 2.41. The molecule has 0 aliphatic carbocycles. The zero-order valence-corrected chi connectivity index (χ0v) is 20.7. The number of rotatable bonds is 5. The maximum absolute atomic E-state index is 13.3. The maximum atomic E-state index is 13.3. The Kier molecular flexibility index (Phi) is 6.07. The first-order valence-electron chi connectivity index (χ1n) is 11.8. The number of nitrogens with zero attached hydrogens (tertiary/aromatic N) is 7. The number of carbonyl (C=O) groups is 1.